The molecule has 3 N–H and O–H groups in total. The molecular weight excluding hydrogens is 178 g/mol. The average Bonchev–Trinajstić information content (AvgIpc) is 2.02. The lowest BCUT2D eigenvalue weighted by atomic mass is 9.92. The lowest BCUT2D eigenvalue weighted by Crippen LogP contribution is -2.41. The Kier molecular flexibility index (Phi) is 5.64. The molecule has 0 heterocycles. The Balaban J connectivity index is 4.00. The first kappa shape index (κ1) is 13.9. The molecule has 0 aliphatic heterocycles. The Morgan fingerprint density at radius 3 is 2.21 bits per heavy atom. The van der Waals surface area contributed by atoms with E-state index < -0.39 is 6.10 Å². The predicted molar refractivity (Wildman–Crippen MR) is 59.1 cm³/mol. The summed E-state index contributed by atoms with van der Waals surface area (Å²) < 4.78 is 5.25. The zero-order chi connectivity index (χ0) is 11.4. The van der Waals surface area contributed by atoms with Gasteiger partial charge >= 0.3 is 0 Å². The van der Waals surface area contributed by atoms with Crippen LogP contribution in [0, 0.1) is 5.92 Å². The zero-order valence-corrected chi connectivity index (χ0v) is 10.1. The van der Waals surface area contributed by atoms with Gasteiger partial charge < -0.3 is 15.6 Å². The molecule has 0 amide bonds. The summed E-state index contributed by atoms with van der Waals surface area (Å²) in [7, 11) is 1.65. The lowest BCUT2D eigenvalue weighted by molar-refractivity contribution is -0.0265. The van der Waals surface area contributed by atoms with Gasteiger partial charge in [-0.2, -0.15) is 0 Å². The lowest BCUT2D eigenvalue weighted by Gasteiger charge is -2.29. The minimum Gasteiger partial charge on any atom is -0.391 e. The Hall–Kier alpha value is -0.120. The molecule has 0 aromatic heterocycles. The van der Waals surface area contributed by atoms with E-state index in [9.17, 15) is 5.11 Å². The summed E-state index contributed by atoms with van der Waals surface area (Å²) in [4.78, 5) is 0. The Labute approximate surface area is 87.6 Å². The summed E-state index contributed by atoms with van der Waals surface area (Å²) in [6.45, 7) is 8.12. The monoisotopic (exact) mass is 203 g/mol. The summed E-state index contributed by atoms with van der Waals surface area (Å²) in [5.41, 5.74) is 5.58. The van der Waals surface area contributed by atoms with Crippen molar-refractivity contribution < 1.29 is 9.84 Å². The van der Waals surface area contributed by atoms with Crippen molar-refractivity contribution in [2.75, 3.05) is 7.11 Å². The highest BCUT2D eigenvalue weighted by Gasteiger charge is 2.25. The van der Waals surface area contributed by atoms with Gasteiger partial charge in [0.1, 0.15) is 0 Å². The smallest absolute Gasteiger partial charge is 0.0718 e. The van der Waals surface area contributed by atoms with E-state index in [1.165, 1.54) is 0 Å². The highest BCUT2D eigenvalue weighted by atomic mass is 16.5. The van der Waals surface area contributed by atoms with Crippen molar-refractivity contribution in [3.63, 3.8) is 0 Å². The van der Waals surface area contributed by atoms with Crippen molar-refractivity contribution >= 4 is 0 Å². The number of nitrogens with two attached hydrogens (primary N) is 1. The van der Waals surface area contributed by atoms with Crippen LogP contribution in [0.5, 0.6) is 0 Å². The number of hydrogen-bond donors (Lipinski definition) is 2. The van der Waals surface area contributed by atoms with Crippen LogP contribution in [0.2, 0.25) is 0 Å². The molecular formula is C11H25NO2. The van der Waals surface area contributed by atoms with Crippen LogP contribution in [0.1, 0.15) is 40.5 Å². The molecule has 0 saturated heterocycles. The van der Waals surface area contributed by atoms with Crippen LogP contribution in [0.4, 0.5) is 0 Å². The topological polar surface area (TPSA) is 55.5 Å². The fourth-order valence-electron chi connectivity index (χ4n) is 1.44. The second-order valence-electron chi connectivity index (χ2n) is 5.03. The van der Waals surface area contributed by atoms with E-state index in [4.69, 9.17) is 10.5 Å². The van der Waals surface area contributed by atoms with Crippen LogP contribution < -0.4 is 5.73 Å². The quantitative estimate of drug-likeness (QED) is 0.688. The van der Waals surface area contributed by atoms with Crippen molar-refractivity contribution in [3.8, 4) is 0 Å². The Bertz CT molecular complexity index is 157. The van der Waals surface area contributed by atoms with Crippen LogP contribution >= 0.6 is 0 Å². The summed E-state index contributed by atoms with van der Waals surface area (Å²) in [6, 6.07) is -0.149. The third-order valence-electron chi connectivity index (χ3n) is 2.49. The van der Waals surface area contributed by atoms with Crippen LogP contribution in [0.15, 0.2) is 0 Å². The molecule has 2 atom stereocenters. The SMILES string of the molecule is COC(C)(C)CC(O)C(N)CC(C)C. The van der Waals surface area contributed by atoms with E-state index >= 15 is 0 Å². The second kappa shape index (κ2) is 5.69. The van der Waals surface area contributed by atoms with Crippen LogP contribution in [-0.4, -0.2) is 30.0 Å². The number of aliphatic hydroxyl groups is 1. The van der Waals surface area contributed by atoms with Crippen molar-refractivity contribution in [1.29, 1.82) is 0 Å². The summed E-state index contributed by atoms with van der Waals surface area (Å²) in [6.07, 6.45) is 0.950. The van der Waals surface area contributed by atoms with Crippen molar-refractivity contribution in [1.82, 2.24) is 0 Å². The first-order valence-electron chi connectivity index (χ1n) is 5.27. The van der Waals surface area contributed by atoms with Crippen LogP contribution in [-0.2, 0) is 4.74 Å². The fraction of sp³-hybridized carbons (Fsp3) is 1.00. The molecule has 3 nitrogen and oxygen atoms in total. The summed E-state index contributed by atoms with van der Waals surface area (Å²) in [5.74, 6) is 0.519. The van der Waals surface area contributed by atoms with E-state index in [-0.39, 0.29) is 11.6 Å². The number of ether oxygens (including phenoxy) is 1. The molecule has 0 spiro atoms. The van der Waals surface area contributed by atoms with Gasteiger partial charge in [-0.25, -0.2) is 0 Å². The maximum atomic E-state index is 9.83. The maximum absolute atomic E-state index is 9.83. The third kappa shape index (κ3) is 5.58. The molecule has 14 heavy (non-hydrogen) atoms. The Morgan fingerprint density at radius 1 is 1.36 bits per heavy atom. The van der Waals surface area contributed by atoms with Gasteiger partial charge in [0, 0.05) is 19.6 Å². The van der Waals surface area contributed by atoms with Crippen LogP contribution in [0.25, 0.3) is 0 Å². The van der Waals surface area contributed by atoms with Crippen molar-refractivity contribution in [3.05, 3.63) is 0 Å². The second-order valence-corrected chi connectivity index (χ2v) is 5.03. The number of aliphatic hydroxyl groups excluding tert-OH is 1. The third-order valence-corrected chi connectivity index (χ3v) is 2.49. The molecule has 0 aromatic carbocycles. The number of methoxy groups -OCH3 is 1. The standard InChI is InChI=1S/C11H25NO2/c1-8(2)6-9(12)10(13)7-11(3,4)14-5/h8-10,13H,6-7,12H2,1-5H3. The van der Waals surface area contributed by atoms with E-state index in [0.717, 1.165) is 6.42 Å². The Morgan fingerprint density at radius 2 is 1.86 bits per heavy atom. The van der Waals surface area contributed by atoms with Gasteiger partial charge in [-0.05, 0) is 26.2 Å². The number of hydrogen-bond acceptors (Lipinski definition) is 3. The van der Waals surface area contributed by atoms with Gasteiger partial charge in [0.15, 0.2) is 0 Å². The van der Waals surface area contributed by atoms with Crippen LogP contribution in [0.3, 0.4) is 0 Å². The normalized spacial score (nSPS) is 17.1. The highest BCUT2D eigenvalue weighted by Crippen LogP contribution is 2.19. The predicted octanol–water partition coefficient (Wildman–Crippen LogP) is 1.54. The molecule has 0 fully saturated rings. The largest absolute Gasteiger partial charge is 0.391 e. The van der Waals surface area contributed by atoms with E-state index in [1.54, 1.807) is 7.11 Å². The molecule has 0 aliphatic rings. The number of rotatable bonds is 6. The summed E-state index contributed by atoms with van der Waals surface area (Å²) in [5, 5.41) is 9.83. The molecule has 0 radical (unpaired) electrons. The average molecular weight is 203 g/mol. The van der Waals surface area contributed by atoms with Gasteiger partial charge in [0.05, 0.1) is 11.7 Å². The molecule has 2 unspecified atom stereocenters. The first-order chi connectivity index (χ1) is 6.28. The summed E-state index contributed by atoms with van der Waals surface area (Å²) >= 11 is 0. The molecule has 0 saturated carbocycles. The molecule has 0 aromatic rings. The molecule has 3 heteroatoms. The van der Waals surface area contributed by atoms with Gasteiger partial charge in [-0.3, -0.25) is 0 Å². The van der Waals surface area contributed by atoms with Crippen molar-refractivity contribution in [2.24, 2.45) is 11.7 Å². The van der Waals surface area contributed by atoms with Crippen molar-refractivity contribution in [2.45, 2.75) is 58.3 Å². The molecule has 0 aliphatic carbocycles. The first-order valence-corrected chi connectivity index (χ1v) is 5.27. The maximum Gasteiger partial charge on any atom is 0.0718 e. The minimum absolute atomic E-state index is 0.149. The van der Waals surface area contributed by atoms with E-state index in [0.29, 0.717) is 12.3 Å². The molecule has 0 rings (SSSR count). The van der Waals surface area contributed by atoms with E-state index in [2.05, 4.69) is 13.8 Å². The molecule has 86 valence electrons. The van der Waals surface area contributed by atoms with E-state index in [1.807, 2.05) is 13.8 Å². The van der Waals surface area contributed by atoms with Gasteiger partial charge in [0.2, 0.25) is 0 Å². The minimum atomic E-state index is -0.479. The highest BCUT2D eigenvalue weighted by molar-refractivity contribution is 4.80. The zero-order valence-electron chi connectivity index (χ0n) is 10.1. The fourth-order valence-corrected chi connectivity index (χ4v) is 1.44. The van der Waals surface area contributed by atoms with Gasteiger partial charge in [-0.1, -0.05) is 13.8 Å². The molecule has 0 bridgehead atoms. The van der Waals surface area contributed by atoms with Gasteiger partial charge in [-0.15, -0.1) is 0 Å². The van der Waals surface area contributed by atoms with Gasteiger partial charge in [0.25, 0.3) is 0 Å².